The van der Waals surface area contributed by atoms with Gasteiger partial charge in [0.05, 0.1) is 73.4 Å². The van der Waals surface area contributed by atoms with Gasteiger partial charge in [-0.3, -0.25) is 20.0 Å². The summed E-state index contributed by atoms with van der Waals surface area (Å²) in [5.74, 6) is 0. The second-order valence-electron chi connectivity index (χ2n) is 23.4. The Morgan fingerprint density at radius 1 is 0.426 bits per heavy atom. The third kappa shape index (κ3) is 10.1. The lowest BCUT2D eigenvalue weighted by molar-refractivity contribution is -0.137. The van der Waals surface area contributed by atoms with E-state index >= 15 is 13.2 Å². The topological polar surface area (TPSA) is 108 Å². The van der Waals surface area contributed by atoms with Crippen molar-refractivity contribution in [2.75, 3.05) is 0 Å². The summed E-state index contributed by atoms with van der Waals surface area (Å²) in [6.45, 7) is 0. The molecule has 4 aromatic heterocycles. The highest BCUT2D eigenvalue weighted by Gasteiger charge is 2.36. The molecule has 2 aliphatic rings. The molecule has 0 bridgehead atoms. The maximum absolute atomic E-state index is 16.0. The SMILES string of the molecule is N#Cc1cccc(C(F)(F)F)c1-c1cc(-n2c3cc(-c4ccnc(-c5ccccc5)c4)ccc3c3ccc(-c4ccnc(-c5ccccc5)c4)cc32)c(C#N)c(-n2c3cc(=C4C=C(c5ccccc5)N=CC4)ccc3c3ccc(=C4C=CN=C(c5ccccc5)C4)cc32)c1. The molecule has 0 radical (unpaired) electrons. The number of rotatable bonds is 9. The molecule has 0 saturated carbocycles. The third-order valence-corrected chi connectivity index (χ3v) is 18.0. The first-order valence-corrected chi connectivity index (χ1v) is 30.8. The van der Waals surface area contributed by atoms with Crippen molar-refractivity contribution in [3.63, 3.8) is 0 Å². The molecule has 444 valence electrons. The Morgan fingerprint density at radius 3 is 1.44 bits per heavy atom. The van der Waals surface area contributed by atoms with E-state index in [0.29, 0.717) is 46.3 Å². The van der Waals surface area contributed by atoms with Crippen LogP contribution in [0.2, 0.25) is 0 Å². The Kier molecular flexibility index (Phi) is 14.1. The fourth-order valence-corrected chi connectivity index (χ4v) is 13.5. The minimum atomic E-state index is -4.89. The van der Waals surface area contributed by atoms with Gasteiger partial charge in [0, 0.05) is 81.4 Å². The number of alkyl halides is 3. The van der Waals surface area contributed by atoms with Gasteiger partial charge < -0.3 is 9.13 Å². The van der Waals surface area contributed by atoms with E-state index < -0.39 is 11.7 Å². The lowest BCUT2D eigenvalue weighted by Crippen LogP contribution is -2.13. The molecule has 0 fully saturated rings. The van der Waals surface area contributed by atoms with Gasteiger partial charge in [-0.15, -0.1) is 0 Å². The van der Waals surface area contributed by atoms with Crippen LogP contribution >= 0.6 is 0 Å². The average molecular weight is 1220 g/mol. The van der Waals surface area contributed by atoms with Crippen LogP contribution in [-0.2, 0) is 6.18 Å². The molecule has 2 aliphatic heterocycles. The zero-order chi connectivity index (χ0) is 63.4. The zero-order valence-corrected chi connectivity index (χ0v) is 50.3. The molecule has 0 aliphatic carbocycles. The Bertz CT molecular complexity index is 5650. The number of pyridine rings is 2. The van der Waals surface area contributed by atoms with Crippen LogP contribution in [0.4, 0.5) is 13.2 Å². The first kappa shape index (κ1) is 56.6. The van der Waals surface area contributed by atoms with Crippen molar-refractivity contribution in [1.82, 2.24) is 19.1 Å². The Morgan fingerprint density at radius 2 is 0.915 bits per heavy atom. The number of fused-ring (bicyclic) bond motifs is 6. The Hall–Kier alpha value is -12.6. The van der Waals surface area contributed by atoms with Crippen LogP contribution in [0, 0.1) is 22.7 Å². The first-order chi connectivity index (χ1) is 46.1. The van der Waals surface area contributed by atoms with Crippen LogP contribution in [0.5, 0.6) is 0 Å². The molecule has 16 rings (SSSR count). The molecule has 10 aromatic carbocycles. The quantitative estimate of drug-likeness (QED) is 0.143. The Balaban J connectivity index is 1.03. The van der Waals surface area contributed by atoms with Gasteiger partial charge in [-0.25, -0.2) is 0 Å². The highest BCUT2D eigenvalue weighted by Crippen LogP contribution is 2.46. The number of allylic oxidation sites excluding steroid dienone is 2. The summed E-state index contributed by atoms with van der Waals surface area (Å²) < 4.78 is 52.0. The summed E-state index contributed by atoms with van der Waals surface area (Å²) in [6, 6.07) is 84.9. The monoisotopic (exact) mass is 1220 g/mol. The number of hydrogen-bond donors (Lipinski definition) is 0. The van der Waals surface area contributed by atoms with Crippen LogP contribution in [0.3, 0.4) is 0 Å². The summed E-state index contributed by atoms with van der Waals surface area (Å²) in [4.78, 5) is 19.2. The molecule has 0 saturated heterocycles. The van der Waals surface area contributed by atoms with E-state index in [4.69, 9.17) is 20.0 Å². The first-order valence-electron chi connectivity index (χ1n) is 30.8. The zero-order valence-electron chi connectivity index (χ0n) is 50.3. The van der Waals surface area contributed by atoms with Crippen molar-refractivity contribution in [2.24, 2.45) is 9.98 Å². The van der Waals surface area contributed by atoms with Crippen LogP contribution in [0.1, 0.15) is 40.7 Å². The van der Waals surface area contributed by atoms with Crippen LogP contribution in [-0.4, -0.2) is 31.0 Å². The molecular weight excluding hydrogens is 1170 g/mol. The summed E-state index contributed by atoms with van der Waals surface area (Å²) in [7, 11) is 0. The van der Waals surface area contributed by atoms with Crippen molar-refractivity contribution >= 4 is 72.4 Å². The normalized spacial score (nSPS) is 14.3. The maximum atomic E-state index is 16.0. The summed E-state index contributed by atoms with van der Waals surface area (Å²) in [5.41, 5.74) is 14.7. The molecule has 6 heterocycles. The second-order valence-corrected chi connectivity index (χ2v) is 23.4. The van der Waals surface area contributed by atoms with Crippen LogP contribution < -0.4 is 10.4 Å². The molecule has 0 unspecified atom stereocenters. The van der Waals surface area contributed by atoms with E-state index in [9.17, 15) is 10.5 Å². The second kappa shape index (κ2) is 23.3. The molecule has 0 atom stereocenters. The fourth-order valence-electron chi connectivity index (χ4n) is 13.5. The number of aromatic nitrogens is 4. The minimum absolute atomic E-state index is 0.0861. The highest BCUT2D eigenvalue weighted by molar-refractivity contribution is 6.13. The lowest BCUT2D eigenvalue weighted by Gasteiger charge is -2.21. The van der Waals surface area contributed by atoms with E-state index in [1.807, 2.05) is 173 Å². The smallest absolute Gasteiger partial charge is 0.308 e. The van der Waals surface area contributed by atoms with E-state index in [1.54, 1.807) is 24.5 Å². The standard InChI is InChI=1S/C83H51F3N8/c84-83(85,86)71-23-13-22-64(50-87)82(71)65-48-80(93-76-44-56(60-32-36-89-72(40-60)52-14-5-1-6-15-52)24-28-66(76)67-29-25-57(45-77(67)93)61-33-37-90-73(41-61)53-16-7-2-8-17-53)70(51-88)81(49-65)94-78-46-58(62-34-38-91-74(42-62)54-18-9-3-10-19-54)26-30-68(78)69-31-27-59(47-79(69)94)63-35-39-92-75(43-63)55-20-11-4-12-21-55/h1-34,36-41,43-49H,35,42H2. The molecular formula is C83H51F3N8. The van der Waals surface area contributed by atoms with Gasteiger partial charge in [-0.1, -0.05) is 176 Å². The van der Waals surface area contributed by atoms with Gasteiger partial charge in [0.1, 0.15) is 11.6 Å². The highest BCUT2D eigenvalue weighted by atomic mass is 19.4. The van der Waals surface area contributed by atoms with Gasteiger partial charge >= 0.3 is 6.18 Å². The molecule has 11 heteroatoms. The summed E-state index contributed by atoms with van der Waals surface area (Å²) >= 11 is 0. The van der Waals surface area contributed by atoms with Gasteiger partial charge in [-0.05, 0) is 140 Å². The fraction of sp³-hybridized carbons (Fsp3) is 0.0361. The molecule has 94 heavy (non-hydrogen) atoms. The molecule has 14 aromatic rings. The largest absolute Gasteiger partial charge is 0.417 e. The van der Waals surface area contributed by atoms with E-state index in [2.05, 4.69) is 91.0 Å². The number of nitriles is 2. The average Bonchev–Trinajstić information content (AvgIpc) is 1.57. The summed E-state index contributed by atoms with van der Waals surface area (Å²) in [6.07, 6.45) is 7.59. The number of aliphatic imine (C=N–C) groups is 2. The number of benzene rings is 10. The summed E-state index contributed by atoms with van der Waals surface area (Å²) in [5, 5.41) is 28.5. The van der Waals surface area contributed by atoms with Crippen molar-refractivity contribution in [2.45, 2.75) is 19.0 Å². The van der Waals surface area contributed by atoms with E-state index in [1.165, 1.54) is 12.1 Å². The molecule has 8 nitrogen and oxygen atoms in total. The van der Waals surface area contributed by atoms with Gasteiger partial charge in [0.2, 0.25) is 0 Å². The number of hydrogen-bond acceptors (Lipinski definition) is 6. The molecule has 0 spiro atoms. The predicted octanol–water partition coefficient (Wildman–Crippen LogP) is 19.0. The van der Waals surface area contributed by atoms with Crippen molar-refractivity contribution in [3.05, 3.63) is 318 Å². The van der Waals surface area contributed by atoms with E-state index in [-0.39, 0.29) is 22.3 Å². The maximum Gasteiger partial charge on any atom is 0.417 e. The van der Waals surface area contributed by atoms with Gasteiger partial charge in [0.15, 0.2) is 0 Å². The van der Waals surface area contributed by atoms with Gasteiger partial charge in [0.25, 0.3) is 0 Å². The predicted molar refractivity (Wildman–Crippen MR) is 373 cm³/mol. The number of halogens is 3. The molecule has 0 amide bonds. The minimum Gasteiger partial charge on any atom is -0.308 e. The third-order valence-electron chi connectivity index (χ3n) is 18.0. The van der Waals surface area contributed by atoms with Crippen molar-refractivity contribution in [1.29, 1.82) is 10.5 Å². The lowest BCUT2D eigenvalue weighted by atomic mass is 9.92. The van der Waals surface area contributed by atoms with Crippen LogP contribution in [0.25, 0.3) is 128 Å². The number of nitrogens with zero attached hydrogens (tertiary/aromatic N) is 8. The molecule has 0 N–H and O–H groups in total. The van der Waals surface area contributed by atoms with E-state index in [0.717, 1.165) is 116 Å². The van der Waals surface area contributed by atoms with Crippen molar-refractivity contribution in [3.8, 4) is 79.4 Å². The van der Waals surface area contributed by atoms with Crippen LogP contribution in [0.15, 0.2) is 289 Å². The van der Waals surface area contributed by atoms with Gasteiger partial charge in [-0.2, -0.15) is 23.7 Å². The Labute approximate surface area is 538 Å². The van der Waals surface area contributed by atoms with Crippen molar-refractivity contribution < 1.29 is 13.2 Å².